The number of hydrogen-bond acceptors (Lipinski definition) is 4. The number of rotatable bonds is 3. The fourth-order valence-electron chi connectivity index (χ4n) is 2.43. The summed E-state index contributed by atoms with van der Waals surface area (Å²) in [6.45, 7) is 9.38. The second-order valence-electron chi connectivity index (χ2n) is 5.02. The minimum atomic E-state index is -0.585. The lowest BCUT2D eigenvalue weighted by atomic mass is 9.95. The first-order valence-corrected chi connectivity index (χ1v) is 5.74. The van der Waals surface area contributed by atoms with Crippen molar-refractivity contribution in [1.82, 2.24) is 0 Å². The molecular weight excluding hydrogens is 208 g/mol. The second kappa shape index (κ2) is 4.11. The van der Waals surface area contributed by atoms with Crippen molar-refractivity contribution >= 4 is 0 Å². The van der Waals surface area contributed by atoms with Crippen LogP contribution in [0.1, 0.15) is 27.2 Å². The molecule has 0 unspecified atom stereocenters. The maximum Gasteiger partial charge on any atom is 0.187 e. The summed E-state index contributed by atoms with van der Waals surface area (Å²) in [7, 11) is 0. The predicted octanol–water partition coefficient (Wildman–Crippen LogP) is 1.44. The molecule has 16 heavy (non-hydrogen) atoms. The van der Waals surface area contributed by atoms with Crippen LogP contribution in [0.2, 0.25) is 0 Å². The summed E-state index contributed by atoms with van der Waals surface area (Å²) in [5, 5.41) is 9.90. The zero-order valence-corrected chi connectivity index (χ0v) is 10.1. The van der Waals surface area contributed by atoms with Crippen molar-refractivity contribution in [3.8, 4) is 0 Å². The number of aliphatic hydroxyl groups is 1. The van der Waals surface area contributed by atoms with E-state index in [1.54, 1.807) is 6.08 Å². The number of fused-ring (bicyclic) bond motifs is 1. The first kappa shape index (κ1) is 12.0. The van der Waals surface area contributed by atoms with Gasteiger partial charge < -0.3 is 19.3 Å². The van der Waals surface area contributed by atoms with Crippen LogP contribution < -0.4 is 0 Å². The Kier molecular flexibility index (Phi) is 3.09. The van der Waals surface area contributed by atoms with Crippen molar-refractivity contribution in [2.24, 2.45) is 5.92 Å². The van der Waals surface area contributed by atoms with Gasteiger partial charge in [0, 0.05) is 5.92 Å². The van der Waals surface area contributed by atoms with E-state index in [0.29, 0.717) is 6.42 Å². The van der Waals surface area contributed by atoms with Crippen molar-refractivity contribution in [3.63, 3.8) is 0 Å². The minimum absolute atomic E-state index is 0.0838. The van der Waals surface area contributed by atoms with Crippen molar-refractivity contribution in [2.45, 2.75) is 57.6 Å². The molecule has 2 saturated heterocycles. The fourth-order valence-corrected chi connectivity index (χ4v) is 2.43. The Bertz CT molecular complexity index is 276. The van der Waals surface area contributed by atoms with Crippen LogP contribution in [0.25, 0.3) is 0 Å². The van der Waals surface area contributed by atoms with Crippen molar-refractivity contribution < 1.29 is 19.3 Å². The third-order valence-electron chi connectivity index (χ3n) is 3.20. The van der Waals surface area contributed by atoms with Gasteiger partial charge in [-0.25, -0.2) is 0 Å². The molecule has 4 heteroatoms. The SMILES string of the molecule is C=CC[C@@H](O)[C@@H]1O[C@@H]2OC(C)(C)O[C@@H]2[C@H]1C. The Labute approximate surface area is 96.2 Å². The molecule has 0 amide bonds. The smallest absolute Gasteiger partial charge is 0.187 e. The quantitative estimate of drug-likeness (QED) is 0.742. The molecule has 2 fully saturated rings. The van der Waals surface area contributed by atoms with Crippen molar-refractivity contribution in [1.29, 1.82) is 0 Å². The van der Waals surface area contributed by atoms with Gasteiger partial charge in [0.05, 0.1) is 12.2 Å². The largest absolute Gasteiger partial charge is 0.390 e. The van der Waals surface area contributed by atoms with E-state index in [1.165, 1.54) is 0 Å². The Hall–Kier alpha value is -0.420. The molecule has 0 aromatic carbocycles. The molecule has 1 N–H and O–H groups in total. The van der Waals surface area contributed by atoms with E-state index in [0.717, 1.165) is 0 Å². The van der Waals surface area contributed by atoms with Crippen molar-refractivity contribution in [2.75, 3.05) is 0 Å². The van der Waals surface area contributed by atoms with Gasteiger partial charge in [0.1, 0.15) is 6.10 Å². The molecule has 0 spiro atoms. The van der Waals surface area contributed by atoms with Crippen LogP contribution in [0, 0.1) is 5.92 Å². The lowest BCUT2D eigenvalue weighted by Crippen LogP contribution is -2.35. The van der Waals surface area contributed by atoms with Crippen molar-refractivity contribution in [3.05, 3.63) is 12.7 Å². The summed E-state index contributed by atoms with van der Waals surface area (Å²) < 4.78 is 17.1. The fraction of sp³-hybridized carbons (Fsp3) is 0.833. The summed E-state index contributed by atoms with van der Waals surface area (Å²) in [6.07, 6.45) is 1.02. The Morgan fingerprint density at radius 2 is 2.12 bits per heavy atom. The maximum absolute atomic E-state index is 9.90. The van der Waals surface area contributed by atoms with E-state index in [-0.39, 0.29) is 24.4 Å². The van der Waals surface area contributed by atoms with Crippen LogP contribution in [-0.2, 0) is 14.2 Å². The predicted molar refractivity (Wildman–Crippen MR) is 58.7 cm³/mol. The highest BCUT2D eigenvalue weighted by atomic mass is 16.8. The summed E-state index contributed by atoms with van der Waals surface area (Å²) in [6, 6.07) is 0. The van der Waals surface area contributed by atoms with E-state index >= 15 is 0 Å². The van der Waals surface area contributed by atoms with Gasteiger partial charge in [-0.3, -0.25) is 0 Å². The molecule has 0 aromatic heterocycles. The molecule has 5 atom stereocenters. The molecule has 2 aliphatic rings. The summed E-state index contributed by atoms with van der Waals surface area (Å²) in [5.41, 5.74) is 0. The zero-order valence-electron chi connectivity index (χ0n) is 10.1. The molecular formula is C12H20O4. The van der Waals surface area contributed by atoms with Gasteiger partial charge in [0.2, 0.25) is 0 Å². The number of aliphatic hydroxyl groups excluding tert-OH is 1. The summed E-state index contributed by atoms with van der Waals surface area (Å²) in [5.74, 6) is -0.459. The van der Waals surface area contributed by atoms with Gasteiger partial charge in [0.15, 0.2) is 12.1 Å². The highest BCUT2D eigenvalue weighted by Crippen LogP contribution is 2.41. The van der Waals surface area contributed by atoms with Gasteiger partial charge in [-0.15, -0.1) is 6.58 Å². The van der Waals surface area contributed by atoms with Crippen LogP contribution in [0.5, 0.6) is 0 Å². The average Bonchev–Trinajstić information content (AvgIpc) is 2.62. The molecule has 0 aliphatic carbocycles. The van der Waals surface area contributed by atoms with E-state index in [2.05, 4.69) is 6.58 Å². The summed E-state index contributed by atoms with van der Waals surface area (Å²) in [4.78, 5) is 0. The van der Waals surface area contributed by atoms with Gasteiger partial charge in [-0.1, -0.05) is 13.0 Å². The van der Waals surface area contributed by atoms with Crippen LogP contribution in [0.15, 0.2) is 12.7 Å². The monoisotopic (exact) mass is 228 g/mol. The van der Waals surface area contributed by atoms with E-state index in [1.807, 2.05) is 20.8 Å². The third kappa shape index (κ3) is 2.02. The highest BCUT2D eigenvalue weighted by molar-refractivity contribution is 4.94. The van der Waals surface area contributed by atoms with Crippen LogP contribution in [0.3, 0.4) is 0 Å². The Morgan fingerprint density at radius 3 is 2.69 bits per heavy atom. The highest BCUT2D eigenvalue weighted by Gasteiger charge is 2.54. The molecule has 0 saturated carbocycles. The molecule has 0 bridgehead atoms. The molecule has 92 valence electrons. The lowest BCUT2D eigenvalue weighted by Gasteiger charge is -2.26. The minimum Gasteiger partial charge on any atom is -0.390 e. The second-order valence-corrected chi connectivity index (χ2v) is 5.02. The van der Waals surface area contributed by atoms with Gasteiger partial charge >= 0.3 is 0 Å². The van der Waals surface area contributed by atoms with Crippen LogP contribution in [0.4, 0.5) is 0 Å². The molecule has 0 aromatic rings. The van der Waals surface area contributed by atoms with E-state index < -0.39 is 11.9 Å². The first-order chi connectivity index (χ1) is 7.44. The number of ether oxygens (including phenoxy) is 3. The van der Waals surface area contributed by atoms with Crippen LogP contribution in [-0.4, -0.2) is 35.5 Å². The standard InChI is InChI=1S/C12H20O4/c1-5-6-8(13)9-7(2)10-11(14-9)16-12(3,4)15-10/h5,7-11,13H,1,6H2,2-4H3/t7-,8+,9+,10+,11+/m0/s1. The normalized spacial score (nSPS) is 43.0. The van der Waals surface area contributed by atoms with Gasteiger partial charge in [-0.2, -0.15) is 0 Å². The zero-order chi connectivity index (χ0) is 11.9. The average molecular weight is 228 g/mol. The lowest BCUT2D eigenvalue weighted by molar-refractivity contribution is -0.219. The molecule has 2 rings (SSSR count). The molecule has 4 nitrogen and oxygen atoms in total. The first-order valence-electron chi connectivity index (χ1n) is 5.74. The topological polar surface area (TPSA) is 47.9 Å². The van der Waals surface area contributed by atoms with Gasteiger partial charge in [-0.05, 0) is 20.3 Å². The third-order valence-corrected chi connectivity index (χ3v) is 3.20. The summed E-state index contributed by atoms with van der Waals surface area (Å²) >= 11 is 0. The van der Waals surface area contributed by atoms with E-state index in [4.69, 9.17) is 14.2 Å². The number of hydrogen-bond donors (Lipinski definition) is 1. The Morgan fingerprint density at radius 1 is 1.44 bits per heavy atom. The molecule has 2 aliphatic heterocycles. The molecule has 2 heterocycles. The van der Waals surface area contributed by atoms with Crippen LogP contribution >= 0.6 is 0 Å². The Balaban J connectivity index is 2.02. The molecule has 0 radical (unpaired) electrons. The van der Waals surface area contributed by atoms with Gasteiger partial charge in [0.25, 0.3) is 0 Å². The van der Waals surface area contributed by atoms with E-state index in [9.17, 15) is 5.11 Å². The maximum atomic E-state index is 9.90.